The number of rotatable bonds is 2. The number of Topliss-reactive ketones (excluding diaryl/α,β-unsaturated/α-hetero) is 1. The summed E-state index contributed by atoms with van der Waals surface area (Å²) in [6.45, 7) is 0. The molecule has 3 rings (SSSR count). The minimum atomic E-state index is 0.249. The molecule has 2 fully saturated rings. The van der Waals surface area contributed by atoms with Crippen molar-refractivity contribution in [2.24, 2.45) is 17.8 Å². The molecule has 16 heavy (non-hydrogen) atoms. The van der Waals surface area contributed by atoms with E-state index in [9.17, 15) is 4.79 Å². The van der Waals surface area contributed by atoms with Gasteiger partial charge in [0.2, 0.25) is 0 Å². The van der Waals surface area contributed by atoms with Gasteiger partial charge in [-0.25, -0.2) is 0 Å². The third-order valence-electron chi connectivity index (χ3n) is 4.21. The van der Waals surface area contributed by atoms with Crippen molar-refractivity contribution in [2.75, 3.05) is 0 Å². The Labute approximate surface area is 101 Å². The van der Waals surface area contributed by atoms with Crippen LogP contribution in [0.1, 0.15) is 36.0 Å². The van der Waals surface area contributed by atoms with Crippen LogP contribution in [0.4, 0.5) is 0 Å². The SMILES string of the molecule is O=C(c1ccccc1Cl)C1CC2CCC1C2. The van der Waals surface area contributed by atoms with Crippen LogP contribution in [0.15, 0.2) is 24.3 Å². The molecule has 0 N–H and O–H groups in total. The van der Waals surface area contributed by atoms with E-state index >= 15 is 0 Å². The molecule has 0 aromatic heterocycles. The molecule has 1 aromatic carbocycles. The van der Waals surface area contributed by atoms with Crippen LogP contribution < -0.4 is 0 Å². The molecule has 0 heterocycles. The Morgan fingerprint density at radius 2 is 2.00 bits per heavy atom. The van der Waals surface area contributed by atoms with Crippen LogP contribution >= 0.6 is 11.6 Å². The Balaban J connectivity index is 1.86. The number of carbonyl (C=O) groups is 1. The van der Waals surface area contributed by atoms with Crippen molar-refractivity contribution in [2.45, 2.75) is 25.7 Å². The zero-order valence-electron chi connectivity index (χ0n) is 9.16. The lowest BCUT2D eigenvalue weighted by molar-refractivity contribution is 0.0875. The molecule has 3 atom stereocenters. The van der Waals surface area contributed by atoms with Crippen molar-refractivity contribution in [3.05, 3.63) is 34.9 Å². The summed E-state index contributed by atoms with van der Waals surface area (Å²) in [5.41, 5.74) is 0.724. The van der Waals surface area contributed by atoms with E-state index in [4.69, 9.17) is 11.6 Å². The first-order chi connectivity index (χ1) is 7.75. The van der Waals surface area contributed by atoms with Crippen LogP contribution in [0.5, 0.6) is 0 Å². The lowest BCUT2D eigenvalue weighted by Gasteiger charge is -2.20. The van der Waals surface area contributed by atoms with E-state index in [2.05, 4.69) is 0 Å². The maximum absolute atomic E-state index is 12.4. The number of ketones is 1. The normalized spacial score (nSPS) is 31.9. The third-order valence-corrected chi connectivity index (χ3v) is 4.54. The highest BCUT2D eigenvalue weighted by atomic mass is 35.5. The second kappa shape index (κ2) is 3.89. The highest BCUT2D eigenvalue weighted by Crippen LogP contribution is 2.49. The van der Waals surface area contributed by atoms with Gasteiger partial charge in [0.1, 0.15) is 0 Å². The highest BCUT2D eigenvalue weighted by Gasteiger charge is 2.43. The van der Waals surface area contributed by atoms with Gasteiger partial charge in [-0.3, -0.25) is 4.79 Å². The zero-order chi connectivity index (χ0) is 11.1. The minimum absolute atomic E-state index is 0.249. The van der Waals surface area contributed by atoms with Crippen molar-refractivity contribution >= 4 is 17.4 Å². The number of halogens is 1. The van der Waals surface area contributed by atoms with Crippen LogP contribution in [-0.4, -0.2) is 5.78 Å². The Hall–Kier alpha value is -0.820. The van der Waals surface area contributed by atoms with Gasteiger partial charge in [0.15, 0.2) is 5.78 Å². The molecule has 2 saturated carbocycles. The van der Waals surface area contributed by atoms with Gasteiger partial charge in [-0.15, -0.1) is 0 Å². The van der Waals surface area contributed by atoms with Gasteiger partial charge in [0.25, 0.3) is 0 Å². The van der Waals surface area contributed by atoms with Crippen LogP contribution in [-0.2, 0) is 0 Å². The summed E-state index contributed by atoms with van der Waals surface area (Å²) in [4.78, 5) is 12.4. The first-order valence-corrected chi connectivity index (χ1v) is 6.42. The fourth-order valence-electron chi connectivity index (χ4n) is 3.43. The van der Waals surface area contributed by atoms with Crippen molar-refractivity contribution in [1.82, 2.24) is 0 Å². The molecule has 3 unspecified atom stereocenters. The largest absolute Gasteiger partial charge is 0.294 e. The second-order valence-electron chi connectivity index (χ2n) is 5.13. The van der Waals surface area contributed by atoms with E-state index in [1.54, 1.807) is 0 Å². The molecule has 0 aliphatic heterocycles. The van der Waals surface area contributed by atoms with E-state index in [0.717, 1.165) is 17.9 Å². The monoisotopic (exact) mass is 234 g/mol. The molecule has 2 heteroatoms. The Morgan fingerprint density at radius 3 is 2.62 bits per heavy atom. The molecule has 0 saturated heterocycles. The van der Waals surface area contributed by atoms with Gasteiger partial charge in [-0.05, 0) is 43.2 Å². The fraction of sp³-hybridized carbons (Fsp3) is 0.500. The Morgan fingerprint density at radius 1 is 1.19 bits per heavy atom. The molecule has 2 aliphatic carbocycles. The van der Waals surface area contributed by atoms with Crippen molar-refractivity contribution in [3.8, 4) is 0 Å². The van der Waals surface area contributed by atoms with Gasteiger partial charge < -0.3 is 0 Å². The van der Waals surface area contributed by atoms with E-state index in [1.165, 1.54) is 19.3 Å². The van der Waals surface area contributed by atoms with E-state index < -0.39 is 0 Å². The average Bonchev–Trinajstić information content (AvgIpc) is 2.90. The summed E-state index contributed by atoms with van der Waals surface area (Å²) >= 11 is 6.08. The molecule has 0 spiro atoms. The van der Waals surface area contributed by atoms with E-state index in [-0.39, 0.29) is 11.7 Å². The summed E-state index contributed by atoms with van der Waals surface area (Å²) in [5, 5.41) is 0.607. The summed E-state index contributed by atoms with van der Waals surface area (Å²) in [6, 6.07) is 7.44. The molecule has 0 radical (unpaired) electrons. The van der Waals surface area contributed by atoms with Crippen LogP contribution in [0, 0.1) is 17.8 Å². The molecule has 2 aliphatic rings. The lowest BCUT2D eigenvalue weighted by Crippen LogP contribution is -2.21. The quantitative estimate of drug-likeness (QED) is 0.708. The van der Waals surface area contributed by atoms with Gasteiger partial charge in [-0.1, -0.05) is 30.2 Å². The zero-order valence-corrected chi connectivity index (χ0v) is 9.91. The highest BCUT2D eigenvalue weighted by molar-refractivity contribution is 6.34. The molecule has 0 amide bonds. The smallest absolute Gasteiger partial charge is 0.167 e. The first kappa shape index (κ1) is 10.3. The molecule has 1 nitrogen and oxygen atoms in total. The fourth-order valence-corrected chi connectivity index (χ4v) is 3.66. The summed E-state index contributed by atoms with van der Waals surface area (Å²) in [7, 11) is 0. The number of hydrogen-bond acceptors (Lipinski definition) is 1. The van der Waals surface area contributed by atoms with Crippen LogP contribution in [0.25, 0.3) is 0 Å². The van der Waals surface area contributed by atoms with Gasteiger partial charge >= 0.3 is 0 Å². The predicted octanol–water partition coefficient (Wildman–Crippen LogP) is 3.96. The van der Waals surface area contributed by atoms with Crippen LogP contribution in [0.3, 0.4) is 0 Å². The maximum atomic E-state index is 12.4. The van der Waals surface area contributed by atoms with Gasteiger partial charge in [-0.2, -0.15) is 0 Å². The Kier molecular flexibility index (Phi) is 2.51. The van der Waals surface area contributed by atoms with E-state index in [0.29, 0.717) is 10.9 Å². The lowest BCUT2D eigenvalue weighted by atomic mass is 9.83. The van der Waals surface area contributed by atoms with Crippen molar-refractivity contribution in [1.29, 1.82) is 0 Å². The topological polar surface area (TPSA) is 17.1 Å². The first-order valence-electron chi connectivity index (χ1n) is 6.04. The van der Waals surface area contributed by atoms with Crippen LogP contribution in [0.2, 0.25) is 5.02 Å². The molecular weight excluding hydrogens is 220 g/mol. The summed E-state index contributed by atoms with van der Waals surface area (Å²) in [5.74, 6) is 1.96. The minimum Gasteiger partial charge on any atom is -0.294 e. The number of fused-ring (bicyclic) bond motifs is 2. The van der Waals surface area contributed by atoms with Gasteiger partial charge in [0.05, 0.1) is 5.02 Å². The van der Waals surface area contributed by atoms with Crippen molar-refractivity contribution < 1.29 is 4.79 Å². The predicted molar refractivity (Wildman–Crippen MR) is 64.7 cm³/mol. The standard InChI is InChI=1S/C14H15ClO/c15-13-4-2-1-3-11(13)14(16)12-8-9-5-6-10(12)7-9/h1-4,9-10,12H,5-8H2. The summed E-state index contributed by atoms with van der Waals surface area (Å²) < 4.78 is 0. The molecule has 84 valence electrons. The third kappa shape index (κ3) is 1.58. The number of hydrogen-bond donors (Lipinski definition) is 0. The molecule has 2 bridgehead atoms. The van der Waals surface area contributed by atoms with E-state index in [1.807, 2.05) is 24.3 Å². The number of carbonyl (C=O) groups excluding carboxylic acids is 1. The number of benzene rings is 1. The molecule has 1 aromatic rings. The van der Waals surface area contributed by atoms with Crippen molar-refractivity contribution in [3.63, 3.8) is 0 Å². The van der Waals surface area contributed by atoms with Gasteiger partial charge in [0, 0.05) is 11.5 Å². The second-order valence-corrected chi connectivity index (χ2v) is 5.53. The molecular formula is C14H15ClO. The summed E-state index contributed by atoms with van der Waals surface area (Å²) in [6.07, 6.45) is 4.93. The maximum Gasteiger partial charge on any atom is 0.167 e. The Bertz CT molecular complexity index is 426. The average molecular weight is 235 g/mol.